The number of aliphatic hydroxyl groups is 4. The minimum atomic E-state index is -1.94. The lowest BCUT2D eigenvalue weighted by atomic mass is 10.0. The van der Waals surface area contributed by atoms with Crippen molar-refractivity contribution in [2.75, 3.05) is 26.3 Å². The van der Waals surface area contributed by atoms with E-state index in [-0.39, 0.29) is 57.1 Å². The number of hydrogen-bond acceptors (Lipinski definition) is 17. The number of carbonyl (C=O) groups excluding carboxylic acids is 10. The zero-order valence-corrected chi connectivity index (χ0v) is 48.7. The number of nitrogens with one attached hydrogen (secondary N) is 8. The maximum absolute atomic E-state index is 14.0. The fraction of sp³-hybridized carbons (Fsp3) is 0.750. The molecule has 0 spiro atoms. The lowest BCUT2D eigenvalue weighted by molar-refractivity contribution is -0.143. The second-order valence-corrected chi connectivity index (χ2v) is 20.5. The number of nitrogens with two attached hydrogens (primary N) is 6. The largest absolute Gasteiger partial charge is 0.480 e. The zero-order valence-electron chi connectivity index (χ0n) is 48.7. The number of unbranched alkanes of at least 4 members (excludes halogenated alkanes) is 12. The standard InChI is InChI=1S/C52H96N16O16/c1-4-5-6-7-8-9-10-11-12-13-14-15-16-21-40(75)61-32(19-17-26-59-51(55)56)43(76)62-34(22-24-38(53)73)45(78)67-41(30(2)71)48(81)63-33(20-18-27-60-52(57)58)44(77)65-36(28-69)46(79)66-37(29-70)47(80)68-42(31(3)72)49(82)64-35(50(83)84)23-25-39(54)74/h30-37,41-42,69-72H,4-29H2,1-3H3,(H2,53,73)(H2,54,74)(H,61,75)(H,62,76)(H,63,81)(H,64,82)(H,65,77)(H,66,79)(H,67,78)(H,68,80)(H,83,84)(H4,55,56,59)(H4,57,58,60)/t30-,31-,32+,33+,34+,35+,36+,37+,41+,42+/m1/s1. The van der Waals surface area contributed by atoms with E-state index in [0.717, 1.165) is 46.0 Å². The highest BCUT2D eigenvalue weighted by Crippen LogP contribution is 2.14. The van der Waals surface area contributed by atoms with Crippen molar-refractivity contribution in [1.29, 1.82) is 0 Å². The first-order chi connectivity index (χ1) is 39.7. The Hall–Kier alpha value is -7.45. The maximum Gasteiger partial charge on any atom is 0.326 e. The summed E-state index contributed by atoms with van der Waals surface area (Å²) in [7, 11) is 0. The lowest BCUT2D eigenvalue weighted by Gasteiger charge is -2.28. The summed E-state index contributed by atoms with van der Waals surface area (Å²) in [5, 5.41) is 69.0. The van der Waals surface area contributed by atoms with Gasteiger partial charge in [-0.3, -0.25) is 57.9 Å². The van der Waals surface area contributed by atoms with Crippen LogP contribution in [0.2, 0.25) is 0 Å². The molecule has 480 valence electrons. The summed E-state index contributed by atoms with van der Waals surface area (Å²) in [5.74, 6) is -12.5. The van der Waals surface area contributed by atoms with Crippen LogP contribution in [0.25, 0.3) is 0 Å². The van der Waals surface area contributed by atoms with Crippen molar-refractivity contribution < 1.29 is 78.3 Å². The number of aliphatic imine (C=N–C) groups is 2. The van der Waals surface area contributed by atoms with E-state index in [2.05, 4.69) is 54.1 Å². The molecule has 0 saturated heterocycles. The molecule has 0 heterocycles. The van der Waals surface area contributed by atoms with Gasteiger partial charge >= 0.3 is 5.97 Å². The first kappa shape index (κ1) is 76.5. The molecule has 0 aromatic carbocycles. The molecule has 0 aliphatic rings. The Kier molecular flexibility index (Phi) is 40.2. The summed E-state index contributed by atoms with van der Waals surface area (Å²) in [6, 6.07) is -13.8. The van der Waals surface area contributed by atoms with Crippen LogP contribution in [0.5, 0.6) is 0 Å². The average molecular weight is 1200 g/mol. The number of carboxylic acid groups (broad SMARTS) is 1. The van der Waals surface area contributed by atoms with Crippen molar-refractivity contribution in [2.45, 2.75) is 223 Å². The monoisotopic (exact) mass is 1200 g/mol. The molecule has 0 aliphatic heterocycles. The quantitative estimate of drug-likeness (QED) is 0.0154. The minimum absolute atomic E-state index is 0.00363. The number of aliphatic carboxylic acids is 1. The topological polar surface area (TPSA) is 566 Å². The van der Waals surface area contributed by atoms with Crippen LogP contribution in [0, 0.1) is 0 Å². The highest BCUT2D eigenvalue weighted by Gasteiger charge is 2.36. The molecule has 0 saturated carbocycles. The van der Waals surface area contributed by atoms with Gasteiger partial charge < -0.3 is 102 Å². The molecule has 0 unspecified atom stereocenters. The number of rotatable bonds is 48. The Morgan fingerprint density at radius 2 is 0.690 bits per heavy atom. The molecule has 0 aromatic rings. The normalized spacial score (nSPS) is 14.6. The smallest absolute Gasteiger partial charge is 0.326 e. The third kappa shape index (κ3) is 34.9. The molecule has 84 heavy (non-hydrogen) atoms. The van der Waals surface area contributed by atoms with Crippen LogP contribution in [0.1, 0.15) is 162 Å². The van der Waals surface area contributed by atoms with Crippen LogP contribution in [-0.2, 0) is 52.7 Å². The van der Waals surface area contributed by atoms with Crippen LogP contribution in [-0.4, -0.2) is 189 Å². The number of carbonyl (C=O) groups is 11. The average Bonchev–Trinajstić information content (AvgIpc) is 3.59. The molecule has 10 atom stereocenters. The van der Waals surface area contributed by atoms with Gasteiger partial charge in [0.05, 0.1) is 25.4 Å². The van der Waals surface area contributed by atoms with E-state index in [1.807, 2.05) is 5.32 Å². The number of aliphatic hydroxyl groups excluding tert-OH is 4. The third-order valence-corrected chi connectivity index (χ3v) is 13.0. The molecule has 32 heteroatoms. The van der Waals surface area contributed by atoms with E-state index < -0.39 is 164 Å². The van der Waals surface area contributed by atoms with Crippen LogP contribution in [0.3, 0.4) is 0 Å². The molecular weight excluding hydrogens is 1100 g/mol. The molecule has 32 nitrogen and oxygen atoms in total. The van der Waals surface area contributed by atoms with Crippen molar-refractivity contribution in [3.05, 3.63) is 0 Å². The van der Waals surface area contributed by atoms with E-state index in [0.29, 0.717) is 6.42 Å². The number of guanidine groups is 2. The van der Waals surface area contributed by atoms with Gasteiger partial charge in [0.25, 0.3) is 0 Å². The Labute approximate surface area is 489 Å². The van der Waals surface area contributed by atoms with Crippen LogP contribution < -0.4 is 76.9 Å². The van der Waals surface area contributed by atoms with Gasteiger partial charge in [-0.05, 0) is 58.8 Å². The Morgan fingerprint density at radius 3 is 1.06 bits per heavy atom. The van der Waals surface area contributed by atoms with E-state index in [1.54, 1.807) is 0 Å². The van der Waals surface area contributed by atoms with Crippen molar-refractivity contribution in [2.24, 2.45) is 44.4 Å². The molecular formula is C52H96N16O16. The van der Waals surface area contributed by atoms with Gasteiger partial charge in [0.2, 0.25) is 59.1 Å². The van der Waals surface area contributed by atoms with Gasteiger partial charge in [0.1, 0.15) is 48.3 Å². The summed E-state index contributed by atoms with van der Waals surface area (Å²) in [5.41, 5.74) is 32.2. The first-order valence-corrected chi connectivity index (χ1v) is 28.6. The van der Waals surface area contributed by atoms with Gasteiger partial charge in [-0.25, -0.2) is 4.79 Å². The SMILES string of the molecule is CCCCCCCCCCCCCCCC(=O)N[C@@H](CCCN=C(N)N)C(=O)N[C@@H](CCC(N)=O)C(=O)N[C@H](C(=O)N[C@@H](CCCN=C(N)N)C(=O)N[C@@H](CO)C(=O)N[C@@H](CO)C(=O)N[C@H](C(=O)N[C@@H](CCC(N)=O)C(=O)O)[C@@H](C)O)[C@@H](C)O. The molecule has 0 bridgehead atoms. The number of nitrogens with zero attached hydrogens (tertiary/aromatic N) is 2. The van der Waals surface area contributed by atoms with Crippen molar-refractivity contribution in [3.63, 3.8) is 0 Å². The van der Waals surface area contributed by atoms with Crippen molar-refractivity contribution >= 4 is 77.0 Å². The van der Waals surface area contributed by atoms with E-state index in [9.17, 15) is 78.3 Å². The fourth-order valence-electron chi connectivity index (χ4n) is 8.26. The summed E-state index contributed by atoms with van der Waals surface area (Å²) >= 11 is 0. The van der Waals surface area contributed by atoms with Crippen molar-refractivity contribution in [3.8, 4) is 0 Å². The molecule has 10 amide bonds. The van der Waals surface area contributed by atoms with Crippen molar-refractivity contribution in [1.82, 2.24) is 42.5 Å². The van der Waals surface area contributed by atoms with E-state index in [1.165, 1.54) is 44.9 Å². The van der Waals surface area contributed by atoms with E-state index >= 15 is 0 Å². The predicted octanol–water partition coefficient (Wildman–Crippen LogP) is -5.18. The molecule has 25 N–H and O–H groups in total. The molecule has 0 aliphatic carbocycles. The lowest BCUT2D eigenvalue weighted by Crippen LogP contribution is -2.62. The highest BCUT2D eigenvalue weighted by atomic mass is 16.4. The summed E-state index contributed by atoms with van der Waals surface area (Å²) in [4.78, 5) is 151. The predicted molar refractivity (Wildman–Crippen MR) is 308 cm³/mol. The summed E-state index contributed by atoms with van der Waals surface area (Å²) in [6.45, 7) is 1.97. The molecule has 0 aromatic heterocycles. The van der Waals surface area contributed by atoms with Crippen LogP contribution in [0.15, 0.2) is 9.98 Å². The Morgan fingerprint density at radius 1 is 0.381 bits per heavy atom. The molecule has 0 radical (unpaired) electrons. The van der Waals surface area contributed by atoms with Gasteiger partial charge in [-0.2, -0.15) is 0 Å². The van der Waals surface area contributed by atoms with Gasteiger partial charge in [-0.15, -0.1) is 0 Å². The first-order valence-electron chi connectivity index (χ1n) is 28.6. The van der Waals surface area contributed by atoms with Gasteiger partial charge in [0.15, 0.2) is 11.9 Å². The van der Waals surface area contributed by atoms with Crippen LogP contribution >= 0.6 is 0 Å². The zero-order chi connectivity index (χ0) is 63.7. The fourth-order valence-corrected chi connectivity index (χ4v) is 8.26. The van der Waals surface area contributed by atoms with Gasteiger partial charge in [-0.1, -0.05) is 84.0 Å². The minimum Gasteiger partial charge on any atom is -0.480 e. The molecule has 0 fully saturated rings. The van der Waals surface area contributed by atoms with Gasteiger partial charge in [0, 0.05) is 32.4 Å². The third-order valence-electron chi connectivity index (χ3n) is 13.0. The van der Waals surface area contributed by atoms with Crippen LogP contribution in [0.4, 0.5) is 0 Å². The highest BCUT2D eigenvalue weighted by molar-refractivity contribution is 5.98. The number of hydrogen-bond donors (Lipinski definition) is 19. The number of carboxylic acids is 1. The number of primary amides is 2. The van der Waals surface area contributed by atoms with E-state index in [4.69, 9.17) is 34.4 Å². The summed E-state index contributed by atoms with van der Waals surface area (Å²) < 4.78 is 0. The molecule has 0 rings (SSSR count). The summed E-state index contributed by atoms with van der Waals surface area (Å²) in [6.07, 6.45) is 9.07. The second kappa shape index (κ2) is 44.1. The number of amides is 10. The maximum atomic E-state index is 14.0. The Bertz CT molecular complexity index is 2140. The second-order valence-electron chi connectivity index (χ2n) is 20.5. The Balaban J connectivity index is 6.32.